The summed E-state index contributed by atoms with van der Waals surface area (Å²) in [6.07, 6.45) is 3.58. The van der Waals surface area contributed by atoms with E-state index in [9.17, 15) is 4.79 Å². The lowest BCUT2D eigenvalue weighted by atomic mass is 9.95. The van der Waals surface area contributed by atoms with Crippen molar-refractivity contribution < 1.29 is 4.74 Å². The molecular formula is C27H29ClN4O2S. The number of aryl methyl sites for hydroxylation is 4. The Morgan fingerprint density at radius 1 is 1.03 bits per heavy atom. The van der Waals surface area contributed by atoms with Gasteiger partial charge in [0.2, 0.25) is 0 Å². The van der Waals surface area contributed by atoms with Gasteiger partial charge in [-0.15, -0.1) is 11.3 Å². The van der Waals surface area contributed by atoms with Gasteiger partial charge in [0.25, 0.3) is 5.56 Å². The molecule has 0 atom stereocenters. The Morgan fingerprint density at radius 3 is 2.40 bits per heavy atom. The first-order valence-corrected chi connectivity index (χ1v) is 12.6. The van der Waals surface area contributed by atoms with Gasteiger partial charge in [0.15, 0.2) is 0 Å². The van der Waals surface area contributed by atoms with Gasteiger partial charge in [0, 0.05) is 40.0 Å². The van der Waals surface area contributed by atoms with Gasteiger partial charge in [-0.05, 0) is 56.3 Å². The molecule has 6 nitrogen and oxygen atoms in total. The number of ether oxygens (including phenoxy) is 1. The molecule has 4 aromatic heterocycles. The number of rotatable bonds is 5. The Morgan fingerprint density at radius 2 is 1.74 bits per heavy atom. The summed E-state index contributed by atoms with van der Waals surface area (Å²) in [6, 6.07) is 5.75. The third kappa shape index (κ3) is 5.16. The maximum Gasteiger partial charge on any atom is 0.277 e. The van der Waals surface area contributed by atoms with E-state index in [0.29, 0.717) is 29.4 Å². The number of pyridine rings is 2. The predicted octanol–water partition coefficient (Wildman–Crippen LogP) is 6.51. The first kappa shape index (κ1) is 25.1. The van der Waals surface area contributed by atoms with Crippen LogP contribution in [0.3, 0.4) is 0 Å². The number of halogens is 1. The van der Waals surface area contributed by atoms with Crippen molar-refractivity contribution in [2.24, 2.45) is 0 Å². The number of hydrogen-bond acceptors (Lipinski definition) is 6. The second kappa shape index (κ2) is 9.55. The van der Waals surface area contributed by atoms with E-state index in [1.54, 1.807) is 28.2 Å². The summed E-state index contributed by atoms with van der Waals surface area (Å²) in [5, 5.41) is 2.09. The minimum absolute atomic E-state index is 0.0496. The van der Waals surface area contributed by atoms with Crippen molar-refractivity contribution in [1.29, 1.82) is 0 Å². The van der Waals surface area contributed by atoms with Gasteiger partial charge in [-0.3, -0.25) is 14.3 Å². The summed E-state index contributed by atoms with van der Waals surface area (Å²) in [4.78, 5) is 28.5. The summed E-state index contributed by atoms with van der Waals surface area (Å²) >= 11 is 8.17. The molecule has 0 N–H and O–H groups in total. The molecular weight excluding hydrogens is 480 g/mol. The molecule has 4 aromatic rings. The van der Waals surface area contributed by atoms with E-state index in [1.165, 1.54) is 4.88 Å². The lowest BCUT2D eigenvalue weighted by Gasteiger charge is -2.19. The van der Waals surface area contributed by atoms with Crippen molar-refractivity contribution in [3.8, 4) is 22.8 Å². The highest BCUT2D eigenvalue weighted by molar-refractivity contribution is 7.10. The summed E-state index contributed by atoms with van der Waals surface area (Å²) in [7, 11) is 0. The quantitative estimate of drug-likeness (QED) is 0.307. The van der Waals surface area contributed by atoms with Crippen molar-refractivity contribution in [1.82, 2.24) is 19.5 Å². The van der Waals surface area contributed by atoms with Crippen LogP contribution < -0.4 is 10.3 Å². The highest BCUT2D eigenvalue weighted by Gasteiger charge is 2.21. The molecule has 4 rings (SSSR count). The molecule has 8 heteroatoms. The zero-order valence-corrected chi connectivity index (χ0v) is 22.6. The summed E-state index contributed by atoms with van der Waals surface area (Å²) in [5.41, 5.74) is 5.11. The standard InChI is InChI=1S/C27H29ClN4O2S/c1-15-11-29-20(24-16(2)12-30-26(31-24)27(5,6)7)10-21(15)32-17(3)8-22(23(28)25(32)33)34-13-19-9-18(4)35-14-19/h8-12,14H,13H2,1-7H3. The van der Waals surface area contributed by atoms with Gasteiger partial charge in [-0.2, -0.15) is 0 Å². The Balaban J connectivity index is 1.76. The largest absolute Gasteiger partial charge is 0.487 e. The third-order valence-corrected chi connectivity index (χ3v) is 6.94. The van der Waals surface area contributed by atoms with Gasteiger partial charge in [-0.25, -0.2) is 9.97 Å². The molecule has 0 fully saturated rings. The molecule has 0 aliphatic carbocycles. The van der Waals surface area contributed by atoms with Crippen LogP contribution in [0.15, 0.2) is 40.8 Å². The normalized spacial score (nSPS) is 11.7. The van der Waals surface area contributed by atoms with Crippen LogP contribution in [-0.2, 0) is 12.0 Å². The van der Waals surface area contributed by atoms with E-state index >= 15 is 0 Å². The molecule has 0 radical (unpaired) electrons. The fourth-order valence-corrected chi connectivity index (χ4v) is 4.65. The van der Waals surface area contributed by atoms with Crippen molar-refractivity contribution in [2.45, 2.75) is 60.5 Å². The fraction of sp³-hybridized carbons (Fsp3) is 0.333. The molecule has 4 heterocycles. The van der Waals surface area contributed by atoms with Crippen LogP contribution in [0.5, 0.6) is 5.75 Å². The zero-order valence-electron chi connectivity index (χ0n) is 21.1. The van der Waals surface area contributed by atoms with E-state index in [2.05, 4.69) is 36.8 Å². The van der Waals surface area contributed by atoms with Crippen LogP contribution in [0.25, 0.3) is 17.1 Å². The van der Waals surface area contributed by atoms with E-state index in [-0.39, 0.29) is 16.0 Å². The molecule has 0 aliphatic rings. The maximum absolute atomic E-state index is 13.4. The molecule has 0 bridgehead atoms. The number of hydrogen-bond donors (Lipinski definition) is 0. The Hall–Kier alpha value is -3.03. The van der Waals surface area contributed by atoms with E-state index in [4.69, 9.17) is 21.3 Å². The van der Waals surface area contributed by atoms with Crippen molar-refractivity contribution in [2.75, 3.05) is 0 Å². The van der Waals surface area contributed by atoms with Crippen LogP contribution >= 0.6 is 22.9 Å². The van der Waals surface area contributed by atoms with Gasteiger partial charge < -0.3 is 4.74 Å². The monoisotopic (exact) mass is 508 g/mol. The highest BCUT2D eigenvalue weighted by Crippen LogP contribution is 2.29. The van der Waals surface area contributed by atoms with Crippen LogP contribution in [0.1, 0.15) is 53.9 Å². The van der Waals surface area contributed by atoms with Crippen LogP contribution in [0.4, 0.5) is 0 Å². The molecule has 0 aromatic carbocycles. The molecule has 0 saturated heterocycles. The molecule has 0 saturated carbocycles. The minimum Gasteiger partial charge on any atom is -0.487 e. The molecule has 0 aliphatic heterocycles. The summed E-state index contributed by atoms with van der Waals surface area (Å²) in [5.74, 6) is 1.11. The van der Waals surface area contributed by atoms with Crippen molar-refractivity contribution in [3.05, 3.63) is 84.4 Å². The van der Waals surface area contributed by atoms with E-state index < -0.39 is 0 Å². The highest BCUT2D eigenvalue weighted by atomic mass is 35.5. The van der Waals surface area contributed by atoms with Gasteiger partial charge in [-0.1, -0.05) is 32.4 Å². The van der Waals surface area contributed by atoms with Crippen LogP contribution in [-0.4, -0.2) is 19.5 Å². The number of thiophene rings is 1. The van der Waals surface area contributed by atoms with E-state index in [0.717, 1.165) is 28.2 Å². The second-order valence-corrected chi connectivity index (χ2v) is 11.3. The SMILES string of the molecule is Cc1cc(COc2cc(C)n(-c3cc(-c4nc(C(C)(C)C)ncc4C)ncc3C)c(=O)c2Cl)cs1. The summed E-state index contributed by atoms with van der Waals surface area (Å²) in [6.45, 7) is 14.4. The average molecular weight is 509 g/mol. The molecule has 35 heavy (non-hydrogen) atoms. The summed E-state index contributed by atoms with van der Waals surface area (Å²) < 4.78 is 7.51. The Bertz CT molecular complexity index is 1470. The first-order valence-electron chi connectivity index (χ1n) is 11.4. The Labute approximate surface area is 214 Å². The number of aromatic nitrogens is 4. The van der Waals surface area contributed by atoms with E-state index in [1.807, 2.05) is 45.3 Å². The molecule has 0 spiro atoms. The fourth-order valence-electron chi connectivity index (χ4n) is 3.77. The van der Waals surface area contributed by atoms with Gasteiger partial charge in [0.1, 0.15) is 23.2 Å². The molecule has 0 unspecified atom stereocenters. The predicted molar refractivity (Wildman–Crippen MR) is 142 cm³/mol. The topological polar surface area (TPSA) is 69.9 Å². The van der Waals surface area contributed by atoms with Gasteiger partial charge >= 0.3 is 0 Å². The second-order valence-electron chi connectivity index (χ2n) is 9.79. The average Bonchev–Trinajstić information content (AvgIpc) is 3.21. The van der Waals surface area contributed by atoms with Crippen LogP contribution in [0, 0.1) is 27.7 Å². The number of nitrogens with zero attached hydrogens (tertiary/aromatic N) is 4. The lowest BCUT2D eigenvalue weighted by Crippen LogP contribution is -2.23. The van der Waals surface area contributed by atoms with Crippen molar-refractivity contribution in [3.63, 3.8) is 0 Å². The molecule has 182 valence electrons. The molecule has 0 amide bonds. The maximum atomic E-state index is 13.4. The Kier molecular flexibility index (Phi) is 6.84. The lowest BCUT2D eigenvalue weighted by molar-refractivity contribution is 0.305. The van der Waals surface area contributed by atoms with Gasteiger partial charge in [0.05, 0.1) is 17.1 Å². The third-order valence-electron chi connectivity index (χ3n) is 5.68. The minimum atomic E-state index is -0.335. The smallest absolute Gasteiger partial charge is 0.277 e. The van der Waals surface area contributed by atoms with Crippen molar-refractivity contribution >= 4 is 22.9 Å². The first-order chi connectivity index (χ1) is 16.5. The van der Waals surface area contributed by atoms with Crippen LogP contribution in [0.2, 0.25) is 5.02 Å². The zero-order chi connectivity index (χ0) is 25.5.